The molecule has 0 saturated carbocycles. The lowest BCUT2D eigenvalue weighted by Crippen LogP contribution is -2.55. The Morgan fingerprint density at radius 1 is 0.968 bits per heavy atom. The second-order valence-corrected chi connectivity index (χ2v) is 8.26. The quantitative estimate of drug-likeness (QED) is 0.606. The molecule has 168 valence electrons. The number of nitrogens with zero attached hydrogens (tertiary/aromatic N) is 5. The van der Waals surface area contributed by atoms with Crippen LogP contribution in [0.15, 0.2) is 36.5 Å². The van der Waals surface area contributed by atoms with Crippen LogP contribution in [0.4, 0.5) is 11.8 Å². The van der Waals surface area contributed by atoms with Crippen molar-refractivity contribution in [3.05, 3.63) is 36.5 Å². The molecule has 0 aliphatic carbocycles. The zero-order valence-corrected chi connectivity index (χ0v) is 18.9. The van der Waals surface area contributed by atoms with Crippen molar-refractivity contribution in [2.75, 3.05) is 55.7 Å². The molecule has 1 fully saturated rings. The molecular weight excluding hydrogens is 390 g/mol. The number of unbranched alkanes of at least 4 members (excludes halogenated alkanes) is 2. The van der Waals surface area contributed by atoms with Crippen molar-refractivity contribution in [2.24, 2.45) is 0 Å². The van der Waals surface area contributed by atoms with Crippen LogP contribution < -0.4 is 19.3 Å². The zero-order chi connectivity index (χ0) is 21.5. The predicted molar refractivity (Wildman–Crippen MR) is 124 cm³/mol. The van der Waals surface area contributed by atoms with Gasteiger partial charge in [-0.1, -0.05) is 38.8 Å². The van der Waals surface area contributed by atoms with Gasteiger partial charge in [0.25, 0.3) is 0 Å². The van der Waals surface area contributed by atoms with E-state index in [2.05, 4.69) is 39.6 Å². The topological polar surface area (TPSA) is 54.0 Å². The highest BCUT2D eigenvalue weighted by molar-refractivity contribution is 5.44. The Morgan fingerprint density at radius 2 is 1.68 bits per heavy atom. The molecule has 0 N–H and O–H groups in total. The van der Waals surface area contributed by atoms with Gasteiger partial charge in [-0.15, -0.1) is 0 Å². The Bertz CT molecular complexity index is 817. The number of piperazine rings is 1. The number of hydrogen-bond donors (Lipinski definition) is 0. The van der Waals surface area contributed by atoms with E-state index in [4.69, 9.17) is 14.5 Å². The molecule has 1 unspecified atom stereocenters. The maximum Gasteiger partial charge on any atom is 0.227 e. The molecule has 0 radical (unpaired) electrons. The number of benzene rings is 1. The van der Waals surface area contributed by atoms with Crippen LogP contribution in [0.5, 0.6) is 11.5 Å². The van der Waals surface area contributed by atoms with E-state index in [1.165, 1.54) is 25.7 Å². The van der Waals surface area contributed by atoms with Crippen molar-refractivity contribution < 1.29 is 9.47 Å². The van der Waals surface area contributed by atoms with Crippen molar-refractivity contribution in [3.8, 4) is 11.5 Å². The van der Waals surface area contributed by atoms with Crippen molar-refractivity contribution in [1.29, 1.82) is 0 Å². The maximum atomic E-state index is 6.18. The monoisotopic (exact) mass is 425 g/mol. The first-order valence-electron chi connectivity index (χ1n) is 11.7. The summed E-state index contributed by atoms with van der Waals surface area (Å²) < 4.78 is 12.1. The summed E-state index contributed by atoms with van der Waals surface area (Å²) >= 11 is 0. The van der Waals surface area contributed by atoms with E-state index in [-0.39, 0.29) is 6.23 Å². The minimum Gasteiger partial charge on any atom is -0.484 e. The molecule has 0 amide bonds. The largest absolute Gasteiger partial charge is 0.484 e. The van der Waals surface area contributed by atoms with Crippen molar-refractivity contribution >= 4 is 11.8 Å². The number of fused-ring (bicyclic) bond motifs is 1. The van der Waals surface area contributed by atoms with E-state index in [9.17, 15) is 0 Å². The lowest BCUT2D eigenvalue weighted by Gasteiger charge is -2.40. The van der Waals surface area contributed by atoms with Gasteiger partial charge >= 0.3 is 0 Å². The van der Waals surface area contributed by atoms with Crippen LogP contribution in [0.25, 0.3) is 0 Å². The molecule has 0 bridgehead atoms. The van der Waals surface area contributed by atoms with Gasteiger partial charge in [0.15, 0.2) is 17.7 Å². The SMILES string of the molecule is CCCCN(CCCC)c1ccnc(N2CCN(C3COc4ccccc4O3)CC2)n1. The molecule has 2 aliphatic rings. The zero-order valence-electron chi connectivity index (χ0n) is 18.9. The highest BCUT2D eigenvalue weighted by atomic mass is 16.6. The molecule has 31 heavy (non-hydrogen) atoms. The fourth-order valence-electron chi connectivity index (χ4n) is 4.10. The van der Waals surface area contributed by atoms with E-state index in [0.29, 0.717) is 6.61 Å². The summed E-state index contributed by atoms with van der Waals surface area (Å²) in [6.45, 7) is 10.7. The molecule has 3 heterocycles. The third-order valence-corrected chi connectivity index (χ3v) is 6.01. The van der Waals surface area contributed by atoms with Gasteiger partial charge in [0.2, 0.25) is 5.95 Å². The number of rotatable bonds is 9. The van der Waals surface area contributed by atoms with Crippen LogP contribution in [0, 0.1) is 0 Å². The third-order valence-electron chi connectivity index (χ3n) is 6.01. The lowest BCUT2D eigenvalue weighted by atomic mass is 10.2. The molecule has 1 atom stereocenters. The van der Waals surface area contributed by atoms with E-state index < -0.39 is 0 Å². The minimum absolute atomic E-state index is 0.0390. The molecule has 1 aromatic heterocycles. The van der Waals surface area contributed by atoms with Crippen LogP contribution in [0.3, 0.4) is 0 Å². The average Bonchev–Trinajstić information content (AvgIpc) is 2.84. The summed E-state index contributed by atoms with van der Waals surface area (Å²) in [4.78, 5) is 16.6. The van der Waals surface area contributed by atoms with Crippen LogP contribution in [-0.4, -0.2) is 67.0 Å². The molecular formula is C24H35N5O2. The highest BCUT2D eigenvalue weighted by Gasteiger charge is 2.30. The van der Waals surface area contributed by atoms with Crippen LogP contribution in [0.1, 0.15) is 39.5 Å². The van der Waals surface area contributed by atoms with Crippen LogP contribution >= 0.6 is 0 Å². The third kappa shape index (κ3) is 5.39. The normalized spacial score (nSPS) is 18.8. The molecule has 7 heteroatoms. The molecule has 7 nitrogen and oxygen atoms in total. The minimum atomic E-state index is -0.0390. The first kappa shape index (κ1) is 21.7. The Balaban J connectivity index is 1.36. The first-order valence-corrected chi connectivity index (χ1v) is 11.7. The molecule has 2 aromatic rings. The Hall–Kier alpha value is -2.54. The van der Waals surface area contributed by atoms with E-state index in [0.717, 1.165) is 62.5 Å². The number of hydrogen-bond acceptors (Lipinski definition) is 7. The Kier molecular flexibility index (Phi) is 7.46. The fraction of sp³-hybridized carbons (Fsp3) is 0.583. The molecule has 1 aromatic carbocycles. The fourth-order valence-corrected chi connectivity index (χ4v) is 4.10. The van der Waals surface area contributed by atoms with Crippen LogP contribution in [-0.2, 0) is 0 Å². The maximum absolute atomic E-state index is 6.18. The van der Waals surface area contributed by atoms with Crippen LogP contribution in [0.2, 0.25) is 0 Å². The van der Waals surface area contributed by atoms with Crippen molar-refractivity contribution in [1.82, 2.24) is 14.9 Å². The van der Waals surface area contributed by atoms with Gasteiger partial charge < -0.3 is 19.3 Å². The highest BCUT2D eigenvalue weighted by Crippen LogP contribution is 2.32. The molecule has 4 rings (SSSR count). The first-order chi connectivity index (χ1) is 15.3. The number of para-hydroxylation sites is 2. The standard InChI is InChI=1S/C24H35N5O2/c1-3-5-13-27(14-6-4-2)22-11-12-25-24(26-22)29-17-15-28(16-18-29)23-19-30-20-9-7-8-10-21(20)31-23/h7-12,23H,3-6,13-19H2,1-2H3. The molecule has 2 aliphatic heterocycles. The second kappa shape index (κ2) is 10.7. The smallest absolute Gasteiger partial charge is 0.227 e. The van der Waals surface area contributed by atoms with Gasteiger partial charge in [0.05, 0.1) is 0 Å². The second-order valence-electron chi connectivity index (χ2n) is 8.26. The molecule has 1 saturated heterocycles. The summed E-state index contributed by atoms with van der Waals surface area (Å²) in [7, 11) is 0. The lowest BCUT2D eigenvalue weighted by molar-refractivity contribution is -0.0314. The number of ether oxygens (including phenoxy) is 2. The van der Waals surface area contributed by atoms with Gasteiger partial charge in [-0.05, 0) is 31.0 Å². The Morgan fingerprint density at radius 3 is 2.39 bits per heavy atom. The summed E-state index contributed by atoms with van der Waals surface area (Å²) in [6, 6.07) is 9.94. The summed E-state index contributed by atoms with van der Waals surface area (Å²) in [5.74, 6) is 3.55. The predicted octanol–water partition coefficient (Wildman–Crippen LogP) is 3.80. The average molecular weight is 426 g/mol. The summed E-state index contributed by atoms with van der Waals surface area (Å²) in [5, 5.41) is 0. The summed E-state index contributed by atoms with van der Waals surface area (Å²) in [5.41, 5.74) is 0. The van der Waals surface area contributed by atoms with Crippen molar-refractivity contribution in [3.63, 3.8) is 0 Å². The summed E-state index contributed by atoms with van der Waals surface area (Å²) in [6.07, 6.45) is 6.63. The number of anilines is 2. The van der Waals surface area contributed by atoms with Gasteiger partial charge in [-0.2, -0.15) is 4.98 Å². The van der Waals surface area contributed by atoms with Crippen molar-refractivity contribution in [2.45, 2.75) is 45.8 Å². The van der Waals surface area contributed by atoms with Gasteiger partial charge in [0, 0.05) is 45.5 Å². The Labute approximate surface area is 186 Å². The van der Waals surface area contributed by atoms with E-state index in [1.54, 1.807) is 0 Å². The van der Waals surface area contributed by atoms with Gasteiger partial charge in [-0.25, -0.2) is 4.98 Å². The van der Waals surface area contributed by atoms with E-state index in [1.807, 2.05) is 30.5 Å². The van der Waals surface area contributed by atoms with E-state index >= 15 is 0 Å². The number of aromatic nitrogens is 2. The molecule has 0 spiro atoms. The van der Waals surface area contributed by atoms with Gasteiger partial charge in [-0.3, -0.25) is 4.90 Å². The van der Waals surface area contributed by atoms with Gasteiger partial charge in [0.1, 0.15) is 12.4 Å².